The summed E-state index contributed by atoms with van der Waals surface area (Å²) in [7, 11) is 1.76. The lowest BCUT2D eigenvalue weighted by molar-refractivity contribution is 0.0228. The van der Waals surface area contributed by atoms with Gasteiger partial charge in [0, 0.05) is 0 Å². The van der Waals surface area contributed by atoms with Gasteiger partial charge in [0.25, 0.3) is 0 Å². The molecule has 0 rings (SSSR count). The Kier molecular flexibility index (Phi) is 3.02. The van der Waals surface area contributed by atoms with Crippen LogP contribution in [0.3, 0.4) is 0 Å². The molecule has 0 bridgehead atoms. The van der Waals surface area contributed by atoms with E-state index in [1.165, 1.54) is 0 Å². The van der Waals surface area contributed by atoms with Crippen molar-refractivity contribution in [3.8, 4) is 0 Å². The van der Waals surface area contributed by atoms with Crippen molar-refractivity contribution < 1.29 is 5.11 Å². The van der Waals surface area contributed by atoms with Gasteiger partial charge in [-0.2, -0.15) is 0 Å². The van der Waals surface area contributed by atoms with Crippen LogP contribution in [0, 0.1) is 0 Å². The largest absolute Gasteiger partial charge is 0.376 e. The molecule has 0 aliphatic heterocycles. The Hall–Kier alpha value is -0.0800. The van der Waals surface area contributed by atoms with E-state index in [1.54, 1.807) is 14.0 Å². The molecule has 0 spiro atoms. The standard InChI is InChI=1S/C6H15NO/c1-4-5-6(2,8)7-3/h7-8H,4-5H2,1-3H3. The minimum Gasteiger partial charge on any atom is -0.376 e. The van der Waals surface area contributed by atoms with E-state index in [4.69, 9.17) is 0 Å². The third kappa shape index (κ3) is 2.99. The third-order valence-electron chi connectivity index (χ3n) is 1.28. The molecule has 0 fully saturated rings. The highest BCUT2D eigenvalue weighted by Crippen LogP contribution is 2.04. The Bertz CT molecular complexity index is 61.5. The van der Waals surface area contributed by atoms with Crippen molar-refractivity contribution >= 4 is 0 Å². The van der Waals surface area contributed by atoms with Crippen LogP contribution >= 0.6 is 0 Å². The van der Waals surface area contributed by atoms with Gasteiger partial charge in [0.15, 0.2) is 0 Å². The summed E-state index contributed by atoms with van der Waals surface area (Å²) in [6.45, 7) is 3.82. The fraction of sp³-hybridized carbons (Fsp3) is 1.00. The number of hydrogen-bond acceptors (Lipinski definition) is 2. The third-order valence-corrected chi connectivity index (χ3v) is 1.28. The second-order valence-corrected chi connectivity index (χ2v) is 2.27. The summed E-state index contributed by atoms with van der Waals surface area (Å²) in [5, 5.41) is 12.0. The van der Waals surface area contributed by atoms with Gasteiger partial charge in [-0.25, -0.2) is 0 Å². The van der Waals surface area contributed by atoms with Gasteiger partial charge in [-0.3, -0.25) is 5.32 Å². The Morgan fingerprint density at radius 1 is 1.62 bits per heavy atom. The van der Waals surface area contributed by atoms with Crippen LogP contribution in [-0.2, 0) is 0 Å². The highest BCUT2D eigenvalue weighted by molar-refractivity contribution is 4.64. The van der Waals surface area contributed by atoms with Crippen molar-refractivity contribution in [3.63, 3.8) is 0 Å². The Morgan fingerprint density at radius 3 is 2.25 bits per heavy atom. The summed E-state index contributed by atoms with van der Waals surface area (Å²) in [5.74, 6) is 0. The average Bonchev–Trinajstić information content (AvgIpc) is 1.67. The number of rotatable bonds is 3. The maximum atomic E-state index is 9.21. The van der Waals surface area contributed by atoms with E-state index < -0.39 is 5.72 Å². The van der Waals surface area contributed by atoms with Gasteiger partial charge in [-0.1, -0.05) is 13.3 Å². The van der Waals surface area contributed by atoms with Crippen molar-refractivity contribution in [2.45, 2.75) is 32.4 Å². The van der Waals surface area contributed by atoms with E-state index in [1.807, 2.05) is 6.92 Å². The molecule has 0 heterocycles. The Balaban J connectivity index is 3.37. The molecule has 1 unspecified atom stereocenters. The summed E-state index contributed by atoms with van der Waals surface area (Å²) in [6, 6.07) is 0. The molecule has 2 heteroatoms. The predicted molar refractivity (Wildman–Crippen MR) is 34.6 cm³/mol. The van der Waals surface area contributed by atoms with Crippen LogP contribution in [0.2, 0.25) is 0 Å². The van der Waals surface area contributed by atoms with E-state index in [0.29, 0.717) is 0 Å². The van der Waals surface area contributed by atoms with E-state index >= 15 is 0 Å². The molecule has 1 atom stereocenters. The molecule has 0 aromatic rings. The molecule has 0 aliphatic carbocycles. The zero-order chi connectivity index (χ0) is 6.62. The topological polar surface area (TPSA) is 32.3 Å². The fourth-order valence-electron chi connectivity index (χ4n) is 0.612. The lowest BCUT2D eigenvalue weighted by Gasteiger charge is -2.20. The van der Waals surface area contributed by atoms with Gasteiger partial charge < -0.3 is 5.11 Å². The van der Waals surface area contributed by atoms with Crippen molar-refractivity contribution in [1.82, 2.24) is 5.32 Å². The maximum Gasteiger partial charge on any atom is 0.112 e. The first-order chi connectivity index (χ1) is 3.62. The molecule has 8 heavy (non-hydrogen) atoms. The SMILES string of the molecule is CCCC(C)(O)NC. The molecule has 0 aromatic carbocycles. The van der Waals surface area contributed by atoms with Gasteiger partial charge in [-0.15, -0.1) is 0 Å². The summed E-state index contributed by atoms with van der Waals surface area (Å²) in [5.41, 5.74) is -0.658. The minimum atomic E-state index is -0.658. The van der Waals surface area contributed by atoms with E-state index in [9.17, 15) is 5.11 Å². The Morgan fingerprint density at radius 2 is 2.12 bits per heavy atom. The molecule has 0 aliphatic rings. The molecule has 50 valence electrons. The van der Waals surface area contributed by atoms with Crippen LogP contribution in [0.1, 0.15) is 26.7 Å². The molecular formula is C6H15NO. The van der Waals surface area contributed by atoms with Crippen LogP contribution < -0.4 is 5.32 Å². The molecular weight excluding hydrogens is 102 g/mol. The maximum absolute atomic E-state index is 9.21. The van der Waals surface area contributed by atoms with Crippen molar-refractivity contribution in [3.05, 3.63) is 0 Å². The van der Waals surface area contributed by atoms with Crippen LogP contribution in [0.15, 0.2) is 0 Å². The zero-order valence-electron chi connectivity index (χ0n) is 5.86. The monoisotopic (exact) mass is 117 g/mol. The molecule has 0 radical (unpaired) electrons. The van der Waals surface area contributed by atoms with Crippen molar-refractivity contribution in [1.29, 1.82) is 0 Å². The lowest BCUT2D eigenvalue weighted by Crippen LogP contribution is -2.38. The summed E-state index contributed by atoms with van der Waals surface area (Å²) >= 11 is 0. The smallest absolute Gasteiger partial charge is 0.112 e. The van der Waals surface area contributed by atoms with Gasteiger partial charge in [0.05, 0.1) is 0 Å². The number of aliphatic hydroxyl groups is 1. The highest BCUT2D eigenvalue weighted by Gasteiger charge is 2.13. The van der Waals surface area contributed by atoms with Gasteiger partial charge >= 0.3 is 0 Å². The first-order valence-corrected chi connectivity index (χ1v) is 3.03. The predicted octanol–water partition coefficient (Wildman–Crippen LogP) is 0.714. The highest BCUT2D eigenvalue weighted by atomic mass is 16.3. The quantitative estimate of drug-likeness (QED) is 0.534. The minimum absolute atomic E-state index is 0.658. The van der Waals surface area contributed by atoms with Crippen LogP contribution in [-0.4, -0.2) is 17.9 Å². The van der Waals surface area contributed by atoms with Crippen LogP contribution in [0.5, 0.6) is 0 Å². The fourth-order valence-corrected chi connectivity index (χ4v) is 0.612. The normalized spacial score (nSPS) is 18.0. The molecule has 2 nitrogen and oxygen atoms in total. The number of nitrogens with one attached hydrogen (secondary N) is 1. The average molecular weight is 117 g/mol. The van der Waals surface area contributed by atoms with E-state index in [2.05, 4.69) is 5.32 Å². The number of hydrogen-bond donors (Lipinski definition) is 2. The lowest BCUT2D eigenvalue weighted by atomic mass is 10.1. The first kappa shape index (κ1) is 7.92. The van der Waals surface area contributed by atoms with E-state index in [-0.39, 0.29) is 0 Å². The molecule has 0 saturated heterocycles. The molecule has 0 aromatic heterocycles. The van der Waals surface area contributed by atoms with Gasteiger partial charge in [-0.05, 0) is 20.4 Å². The second kappa shape index (κ2) is 3.05. The molecule has 0 saturated carbocycles. The summed E-state index contributed by atoms with van der Waals surface area (Å²) in [6.07, 6.45) is 1.82. The molecule has 2 N–H and O–H groups in total. The zero-order valence-corrected chi connectivity index (χ0v) is 5.86. The van der Waals surface area contributed by atoms with Crippen LogP contribution in [0.25, 0.3) is 0 Å². The second-order valence-electron chi connectivity index (χ2n) is 2.27. The van der Waals surface area contributed by atoms with E-state index in [0.717, 1.165) is 12.8 Å². The summed E-state index contributed by atoms with van der Waals surface area (Å²) < 4.78 is 0. The molecule has 0 amide bonds. The first-order valence-electron chi connectivity index (χ1n) is 3.03. The van der Waals surface area contributed by atoms with Gasteiger partial charge in [0.1, 0.15) is 5.72 Å². The Labute approximate surface area is 50.9 Å². The van der Waals surface area contributed by atoms with Crippen LogP contribution in [0.4, 0.5) is 0 Å². The van der Waals surface area contributed by atoms with Crippen molar-refractivity contribution in [2.24, 2.45) is 0 Å². The van der Waals surface area contributed by atoms with Gasteiger partial charge in [0.2, 0.25) is 0 Å². The van der Waals surface area contributed by atoms with Crippen molar-refractivity contribution in [2.75, 3.05) is 7.05 Å². The summed E-state index contributed by atoms with van der Waals surface area (Å²) in [4.78, 5) is 0.